The summed E-state index contributed by atoms with van der Waals surface area (Å²) in [6, 6.07) is 1.60. The molecule has 3 rings (SSSR count). The molecule has 1 aromatic heterocycles. The van der Waals surface area contributed by atoms with Crippen LogP contribution in [0.3, 0.4) is 0 Å². The number of rotatable bonds is 6. The van der Waals surface area contributed by atoms with E-state index in [1.807, 2.05) is 0 Å². The number of aryl methyl sites for hydroxylation is 1. The Hall–Kier alpha value is -2.38. The molecule has 3 heterocycles. The number of carbonyl (C=O) groups excluding carboxylic acids is 2. The Balaban J connectivity index is 1.40. The molecule has 25 heavy (non-hydrogen) atoms. The summed E-state index contributed by atoms with van der Waals surface area (Å²) in [5, 5.41) is 7.02. The van der Waals surface area contributed by atoms with Gasteiger partial charge in [-0.25, -0.2) is 4.68 Å². The van der Waals surface area contributed by atoms with Crippen molar-refractivity contribution in [2.45, 2.75) is 25.7 Å². The molecule has 2 amide bonds. The van der Waals surface area contributed by atoms with Gasteiger partial charge in [-0.2, -0.15) is 5.10 Å². The summed E-state index contributed by atoms with van der Waals surface area (Å²) in [5.41, 5.74) is 0.718. The van der Waals surface area contributed by atoms with Crippen LogP contribution < -0.4 is 15.8 Å². The number of aromatic nitrogens is 2. The number of carbonyl (C=O) groups is 2. The molecule has 2 saturated heterocycles. The van der Waals surface area contributed by atoms with Gasteiger partial charge in [-0.3, -0.25) is 14.4 Å². The van der Waals surface area contributed by atoms with Crippen molar-refractivity contribution in [2.75, 3.05) is 37.6 Å². The maximum absolute atomic E-state index is 12.0. The molecule has 2 aliphatic heterocycles. The highest BCUT2D eigenvalue weighted by molar-refractivity contribution is 5.80. The fourth-order valence-electron chi connectivity index (χ4n) is 3.39. The van der Waals surface area contributed by atoms with Crippen molar-refractivity contribution in [3.63, 3.8) is 0 Å². The van der Waals surface area contributed by atoms with Crippen LogP contribution in [0.1, 0.15) is 25.7 Å². The van der Waals surface area contributed by atoms with Crippen LogP contribution in [0.25, 0.3) is 0 Å². The van der Waals surface area contributed by atoms with Crippen LogP contribution in [0, 0.1) is 5.92 Å². The lowest BCUT2D eigenvalue weighted by Gasteiger charge is -2.18. The van der Waals surface area contributed by atoms with E-state index in [4.69, 9.17) is 0 Å². The minimum atomic E-state index is -0.120. The highest BCUT2D eigenvalue weighted by Gasteiger charge is 2.24. The van der Waals surface area contributed by atoms with Gasteiger partial charge in [0.15, 0.2) is 0 Å². The van der Waals surface area contributed by atoms with E-state index in [9.17, 15) is 14.4 Å². The summed E-state index contributed by atoms with van der Waals surface area (Å²) in [6.45, 7) is 3.58. The standard InChI is InChI=1S/C17H25N5O3/c1-20-17(25)9-14(11-19-20)22-7-4-13(12-22)10-18-15(23)5-8-21-6-2-3-16(21)24/h9,11,13H,2-8,10,12H2,1H3,(H,18,23). The molecule has 8 heteroatoms. The molecule has 1 unspecified atom stereocenters. The van der Waals surface area contributed by atoms with Gasteiger partial charge in [0.05, 0.1) is 11.9 Å². The van der Waals surface area contributed by atoms with Gasteiger partial charge in [0, 0.05) is 58.7 Å². The van der Waals surface area contributed by atoms with Crippen LogP contribution in [-0.4, -0.2) is 59.2 Å². The molecule has 1 N–H and O–H groups in total. The van der Waals surface area contributed by atoms with Crippen molar-refractivity contribution in [3.8, 4) is 0 Å². The minimum Gasteiger partial charge on any atom is -0.370 e. The molecule has 2 aliphatic rings. The van der Waals surface area contributed by atoms with Crippen LogP contribution in [-0.2, 0) is 16.6 Å². The maximum atomic E-state index is 12.0. The van der Waals surface area contributed by atoms with Gasteiger partial charge in [-0.1, -0.05) is 0 Å². The first-order chi connectivity index (χ1) is 12.0. The Kier molecular flexibility index (Phi) is 5.35. The number of hydrogen-bond acceptors (Lipinski definition) is 5. The number of hydrogen-bond donors (Lipinski definition) is 1. The summed E-state index contributed by atoms with van der Waals surface area (Å²) >= 11 is 0. The van der Waals surface area contributed by atoms with Crippen molar-refractivity contribution in [3.05, 3.63) is 22.6 Å². The number of nitrogens with zero attached hydrogens (tertiary/aromatic N) is 4. The molecule has 0 radical (unpaired) electrons. The molecule has 0 saturated carbocycles. The molecule has 8 nitrogen and oxygen atoms in total. The zero-order valence-electron chi connectivity index (χ0n) is 14.6. The summed E-state index contributed by atoms with van der Waals surface area (Å²) < 4.78 is 1.31. The molecule has 0 aromatic carbocycles. The first kappa shape index (κ1) is 17.4. The largest absolute Gasteiger partial charge is 0.370 e. The van der Waals surface area contributed by atoms with Crippen LogP contribution in [0.2, 0.25) is 0 Å². The Morgan fingerprint density at radius 2 is 2.20 bits per heavy atom. The van der Waals surface area contributed by atoms with Crippen molar-refractivity contribution in [1.82, 2.24) is 20.0 Å². The van der Waals surface area contributed by atoms with Crippen LogP contribution in [0.4, 0.5) is 5.69 Å². The molecular weight excluding hydrogens is 322 g/mol. The molecule has 0 aliphatic carbocycles. The molecule has 2 fully saturated rings. The SMILES string of the molecule is Cn1ncc(N2CCC(CNC(=O)CCN3CCCC3=O)C2)cc1=O. The van der Waals surface area contributed by atoms with Crippen LogP contribution in [0.5, 0.6) is 0 Å². The van der Waals surface area contributed by atoms with E-state index in [-0.39, 0.29) is 17.4 Å². The molecule has 1 atom stereocenters. The zero-order chi connectivity index (χ0) is 17.8. The van der Waals surface area contributed by atoms with E-state index < -0.39 is 0 Å². The van der Waals surface area contributed by atoms with Crippen LogP contribution >= 0.6 is 0 Å². The van der Waals surface area contributed by atoms with E-state index in [1.165, 1.54) is 4.68 Å². The van der Waals surface area contributed by atoms with Gasteiger partial charge < -0.3 is 15.1 Å². The predicted molar refractivity (Wildman–Crippen MR) is 93.2 cm³/mol. The normalized spacial score (nSPS) is 20.4. The van der Waals surface area contributed by atoms with Gasteiger partial charge in [0.25, 0.3) is 5.56 Å². The summed E-state index contributed by atoms with van der Waals surface area (Å²) in [5.74, 6) is 0.511. The van der Waals surface area contributed by atoms with Gasteiger partial charge >= 0.3 is 0 Å². The monoisotopic (exact) mass is 347 g/mol. The average molecular weight is 347 g/mol. The van der Waals surface area contributed by atoms with Gasteiger partial charge in [-0.05, 0) is 18.8 Å². The van der Waals surface area contributed by atoms with E-state index >= 15 is 0 Å². The van der Waals surface area contributed by atoms with Gasteiger partial charge in [0.2, 0.25) is 11.8 Å². The lowest BCUT2D eigenvalue weighted by Crippen LogP contribution is -2.34. The number of anilines is 1. The molecular formula is C17H25N5O3. The second kappa shape index (κ2) is 7.67. The third-order valence-corrected chi connectivity index (χ3v) is 4.97. The number of likely N-dealkylation sites (tertiary alicyclic amines) is 1. The fourth-order valence-corrected chi connectivity index (χ4v) is 3.39. The van der Waals surface area contributed by atoms with Crippen LogP contribution in [0.15, 0.2) is 17.1 Å². The molecule has 136 valence electrons. The van der Waals surface area contributed by atoms with Crippen molar-refractivity contribution >= 4 is 17.5 Å². The topological polar surface area (TPSA) is 87.5 Å². The third kappa shape index (κ3) is 4.37. The van der Waals surface area contributed by atoms with Gasteiger partial charge in [0.1, 0.15) is 0 Å². The summed E-state index contributed by atoms with van der Waals surface area (Å²) in [4.78, 5) is 39.1. The fraction of sp³-hybridized carbons (Fsp3) is 0.647. The van der Waals surface area contributed by atoms with E-state index in [0.717, 1.165) is 38.2 Å². The highest BCUT2D eigenvalue weighted by atomic mass is 16.2. The minimum absolute atomic E-state index is 0.00611. The third-order valence-electron chi connectivity index (χ3n) is 4.97. The second-order valence-electron chi connectivity index (χ2n) is 6.81. The van der Waals surface area contributed by atoms with Crippen molar-refractivity contribution in [1.29, 1.82) is 0 Å². The zero-order valence-corrected chi connectivity index (χ0v) is 14.6. The maximum Gasteiger partial charge on any atom is 0.268 e. The Bertz CT molecular complexity index is 702. The molecule has 0 bridgehead atoms. The lowest BCUT2D eigenvalue weighted by molar-refractivity contribution is -0.128. The first-order valence-corrected chi connectivity index (χ1v) is 8.85. The molecule has 1 aromatic rings. The average Bonchev–Trinajstić information content (AvgIpc) is 3.22. The van der Waals surface area contributed by atoms with Crippen molar-refractivity contribution in [2.24, 2.45) is 13.0 Å². The Morgan fingerprint density at radius 1 is 1.36 bits per heavy atom. The smallest absolute Gasteiger partial charge is 0.268 e. The van der Waals surface area contributed by atoms with E-state index in [2.05, 4.69) is 15.3 Å². The second-order valence-corrected chi connectivity index (χ2v) is 6.81. The Labute approximate surface area is 146 Å². The predicted octanol–water partition coefficient (Wildman–Crippen LogP) is -0.265. The van der Waals surface area contributed by atoms with Crippen molar-refractivity contribution < 1.29 is 9.59 Å². The summed E-state index contributed by atoms with van der Waals surface area (Å²) in [6.07, 6.45) is 4.54. The number of nitrogens with one attached hydrogen (secondary N) is 1. The van der Waals surface area contributed by atoms with Gasteiger partial charge in [-0.15, -0.1) is 0 Å². The highest BCUT2D eigenvalue weighted by Crippen LogP contribution is 2.21. The Morgan fingerprint density at radius 3 is 2.92 bits per heavy atom. The van der Waals surface area contributed by atoms with E-state index in [0.29, 0.717) is 31.8 Å². The van der Waals surface area contributed by atoms with E-state index in [1.54, 1.807) is 24.2 Å². The summed E-state index contributed by atoms with van der Waals surface area (Å²) in [7, 11) is 1.63. The quantitative estimate of drug-likeness (QED) is 0.766. The lowest BCUT2D eigenvalue weighted by atomic mass is 10.1. The number of amides is 2. The first-order valence-electron chi connectivity index (χ1n) is 8.85. The molecule has 0 spiro atoms.